The maximum atomic E-state index is 11.9. The number of nitrogens with zero attached hydrogens (tertiary/aromatic N) is 1. The molecular formula is C14H23N3O. The molecule has 100 valence electrons. The van der Waals surface area contributed by atoms with Gasteiger partial charge < -0.3 is 16.0 Å². The van der Waals surface area contributed by atoms with Gasteiger partial charge in [0.15, 0.2) is 0 Å². The fourth-order valence-electron chi connectivity index (χ4n) is 1.70. The Morgan fingerprint density at radius 1 is 1.33 bits per heavy atom. The van der Waals surface area contributed by atoms with Crippen molar-refractivity contribution in [3.8, 4) is 0 Å². The number of nitrogens with one attached hydrogen (secondary N) is 1. The summed E-state index contributed by atoms with van der Waals surface area (Å²) < 4.78 is 0. The van der Waals surface area contributed by atoms with E-state index < -0.39 is 6.04 Å². The van der Waals surface area contributed by atoms with E-state index in [1.54, 1.807) is 0 Å². The summed E-state index contributed by atoms with van der Waals surface area (Å²) in [5, 5.41) is 2.85. The first-order chi connectivity index (χ1) is 8.32. The predicted octanol–water partition coefficient (Wildman–Crippen LogP) is 1.98. The van der Waals surface area contributed by atoms with Crippen LogP contribution in [0.15, 0.2) is 18.2 Å². The minimum atomic E-state index is -0.478. The summed E-state index contributed by atoms with van der Waals surface area (Å²) in [4.78, 5) is 13.9. The molecule has 4 nitrogen and oxygen atoms in total. The van der Waals surface area contributed by atoms with E-state index in [1.165, 1.54) is 5.56 Å². The summed E-state index contributed by atoms with van der Waals surface area (Å²) in [5.41, 5.74) is 8.86. The molecule has 1 aromatic carbocycles. The third-order valence-electron chi connectivity index (χ3n) is 2.98. The highest BCUT2D eigenvalue weighted by molar-refractivity contribution is 5.95. The molecule has 1 aromatic rings. The van der Waals surface area contributed by atoms with Crippen molar-refractivity contribution in [1.82, 2.24) is 0 Å². The molecule has 0 aliphatic heterocycles. The van der Waals surface area contributed by atoms with Crippen LogP contribution in [0.2, 0.25) is 0 Å². The zero-order chi connectivity index (χ0) is 13.9. The number of hydrogen-bond acceptors (Lipinski definition) is 3. The molecule has 0 aromatic heterocycles. The van der Waals surface area contributed by atoms with E-state index in [1.807, 2.05) is 58.0 Å². The van der Waals surface area contributed by atoms with Crippen molar-refractivity contribution in [3.05, 3.63) is 23.8 Å². The number of hydrogen-bond donors (Lipinski definition) is 2. The predicted molar refractivity (Wildman–Crippen MR) is 76.9 cm³/mol. The molecule has 0 bridgehead atoms. The average molecular weight is 249 g/mol. The Bertz CT molecular complexity index is 427. The lowest BCUT2D eigenvalue weighted by Crippen LogP contribution is -2.39. The van der Waals surface area contributed by atoms with Gasteiger partial charge in [0.05, 0.1) is 6.04 Å². The molecule has 0 spiro atoms. The minimum Gasteiger partial charge on any atom is -0.377 e. The summed E-state index contributed by atoms with van der Waals surface area (Å²) in [5.74, 6) is -0.0117. The van der Waals surface area contributed by atoms with E-state index in [0.29, 0.717) is 0 Å². The molecule has 0 aliphatic rings. The fraction of sp³-hybridized carbons (Fsp3) is 0.500. The fourth-order valence-corrected chi connectivity index (χ4v) is 1.70. The normalized spacial score (nSPS) is 12.4. The van der Waals surface area contributed by atoms with Gasteiger partial charge in [-0.3, -0.25) is 4.79 Å². The topological polar surface area (TPSA) is 58.4 Å². The van der Waals surface area contributed by atoms with Crippen LogP contribution in [0.1, 0.15) is 19.4 Å². The van der Waals surface area contributed by atoms with E-state index in [4.69, 9.17) is 5.73 Å². The smallest absolute Gasteiger partial charge is 0.241 e. The van der Waals surface area contributed by atoms with Crippen LogP contribution < -0.4 is 16.0 Å². The Morgan fingerprint density at radius 3 is 2.44 bits per heavy atom. The maximum Gasteiger partial charge on any atom is 0.241 e. The Morgan fingerprint density at radius 2 is 1.94 bits per heavy atom. The highest BCUT2D eigenvalue weighted by Gasteiger charge is 2.17. The second-order valence-electron chi connectivity index (χ2n) is 5.15. The van der Waals surface area contributed by atoms with Gasteiger partial charge in [-0.25, -0.2) is 0 Å². The summed E-state index contributed by atoms with van der Waals surface area (Å²) in [7, 11) is 3.96. The number of anilines is 2. The summed E-state index contributed by atoms with van der Waals surface area (Å²) in [6.45, 7) is 5.91. The van der Waals surface area contributed by atoms with Crippen LogP contribution in [-0.4, -0.2) is 26.0 Å². The zero-order valence-corrected chi connectivity index (χ0v) is 11.8. The molecule has 0 saturated heterocycles. The van der Waals surface area contributed by atoms with Crippen molar-refractivity contribution in [3.63, 3.8) is 0 Å². The first kappa shape index (κ1) is 14.5. The van der Waals surface area contributed by atoms with Gasteiger partial charge in [0.1, 0.15) is 0 Å². The van der Waals surface area contributed by atoms with Crippen molar-refractivity contribution < 1.29 is 4.79 Å². The molecule has 3 N–H and O–H groups in total. The molecule has 18 heavy (non-hydrogen) atoms. The lowest BCUT2D eigenvalue weighted by atomic mass is 10.0. The van der Waals surface area contributed by atoms with Crippen LogP contribution in [0.4, 0.5) is 11.4 Å². The third-order valence-corrected chi connectivity index (χ3v) is 2.98. The van der Waals surface area contributed by atoms with Crippen molar-refractivity contribution in [1.29, 1.82) is 0 Å². The summed E-state index contributed by atoms with van der Waals surface area (Å²) in [6, 6.07) is 5.37. The molecule has 1 atom stereocenters. The number of carbonyl (C=O) groups excluding carboxylic acids is 1. The second-order valence-corrected chi connectivity index (χ2v) is 5.15. The van der Waals surface area contributed by atoms with Crippen LogP contribution in [0.5, 0.6) is 0 Å². The highest BCUT2D eigenvalue weighted by atomic mass is 16.2. The minimum absolute atomic E-state index is 0.128. The molecule has 0 saturated carbocycles. The average Bonchev–Trinajstić information content (AvgIpc) is 2.29. The van der Waals surface area contributed by atoms with Crippen LogP contribution in [0.25, 0.3) is 0 Å². The first-order valence-corrected chi connectivity index (χ1v) is 6.17. The van der Waals surface area contributed by atoms with Crippen LogP contribution in [0.3, 0.4) is 0 Å². The quantitative estimate of drug-likeness (QED) is 0.858. The number of nitrogens with two attached hydrogens (primary N) is 1. The van der Waals surface area contributed by atoms with E-state index in [-0.39, 0.29) is 11.8 Å². The molecule has 0 heterocycles. The third kappa shape index (κ3) is 3.47. The molecule has 0 unspecified atom stereocenters. The Labute approximate surface area is 109 Å². The lowest BCUT2D eigenvalue weighted by molar-refractivity contribution is -0.118. The largest absolute Gasteiger partial charge is 0.377 e. The van der Waals surface area contributed by atoms with Gasteiger partial charge in [-0.1, -0.05) is 19.9 Å². The van der Waals surface area contributed by atoms with Gasteiger partial charge >= 0.3 is 0 Å². The van der Waals surface area contributed by atoms with Gasteiger partial charge in [-0.05, 0) is 30.5 Å². The summed E-state index contributed by atoms with van der Waals surface area (Å²) >= 11 is 0. The summed E-state index contributed by atoms with van der Waals surface area (Å²) in [6.07, 6.45) is 0. The lowest BCUT2D eigenvalue weighted by Gasteiger charge is -2.19. The highest BCUT2D eigenvalue weighted by Crippen LogP contribution is 2.22. The van der Waals surface area contributed by atoms with E-state index in [0.717, 1.165) is 11.4 Å². The van der Waals surface area contributed by atoms with Crippen molar-refractivity contribution >= 4 is 17.3 Å². The second kappa shape index (κ2) is 5.87. The Kier molecular flexibility index (Phi) is 4.73. The number of rotatable bonds is 4. The van der Waals surface area contributed by atoms with Crippen molar-refractivity contribution in [2.45, 2.75) is 26.8 Å². The molecule has 0 fully saturated rings. The molecule has 1 amide bonds. The van der Waals surface area contributed by atoms with Gasteiger partial charge in [-0.15, -0.1) is 0 Å². The first-order valence-electron chi connectivity index (χ1n) is 6.17. The Hall–Kier alpha value is -1.55. The monoisotopic (exact) mass is 249 g/mol. The van der Waals surface area contributed by atoms with Gasteiger partial charge in [0.2, 0.25) is 5.91 Å². The number of amides is 1. The SMILES string of the molecule is Cc1ccc(NC(=O)[C@H](N)C(C)C)cc1N(C)C. The molecule has 0 aliphatic carbocycles. The maximum absolute atomic E-state index is 11.9. The molecule has 0 radical (unpaired) electrons. The van der Waals surface area contributed by atoms with Crippen LogP contribution in [-0.2, 0) is 4.79 Å². The van der Waals surface area contributed by atoms with Crippen LogP contribution >= 0.6 is 0 Å². The van der Waals surface area contributed by atoms with Crippen LogP contribution in [0, 0.1) is 12.8 Å². The van der Waals surface area contributed by atoms with Gasteiger partial charge in [0, 0.05) is 25.5 Å². The molecule has 1 rings (SSSR count). The zero-order valence-electron chi connectivity index (χ0n) is 11.8. The van der Waals surface area contributed by atoms with E-state index >= 15 is 0 Å². The van der Waals surface area contributed by atoms with Crippen molar-refractivity contribution in [2.24, 2.45) is 11.7 Å². The molecular weight excluding hydrogens is 226 g/mol. The number of aryl methyl sites for hydroxylation is 1. The van der Waals surface area contributed by atoms with Crippen molar-refractivity contribution in [2.75, 3.05) is 24.3 Å². The van der Waals surface area contributed by atoms with E-state index in [9.17, 15) is 4.79 Å². The van der Waals surface area contributed by atoms with Gasteiger partial charge in [-0.2, -0.15) is 0 Å². The standard InChI is InChI=1S/C14H23N3O/c1-9(2)13(15)14(18)16-11-7-6-10(3)12(8-11)17(4)5/h6-9,13H,15H2,1-5H3,(H,16,18)/t13-/m1/s1. The van der Waals surface area contributed by atoms with E-state index in [2.05, 4.69) is 5.32 Å². The Balaban J connectivity index is 2.86. The number of benzene rings is 1. The van der Waals surface area contributed by atoms with Gasteiger partial charge in [0.25, 0.3) is 0 Å². The molecule has 4 heteroatoms. The number of carbonyl (C=O) groups is 1.